The molecule has 0 unspecified atom stereocenters. The van der Waals surface area contributed by atoms with E-state index in [9.17, 15) is 8.42 Å². The molecule has 1 aliphatic rings. The molecule has 1 aliphatic heterocycles. The molecule has 20 heavy (non-hydrogen) atoms. The van der Waals surface area contributed by atoms with Crippen LogP contribution in [0, 0.1) is 0 Å². The summed E-state index contributed by atoms with van der Waals surface area (Å²) in [7, 11) is -1.96. The van der Waals surface area contributed by atoms with Gasteiger partial charge in [-0.3, -0.25) is 8.99 Å². The largest absolute Gasteiger partial charge is 0.399 e. The van der Waals surface area contributed by atoms with Gasteiger partial charge in [-0.15, -0.1) is 0 Å². The van der Waals surface area contributed by atoms with Gasteiger partial charge in [0.15, 0.2) is 5.03 Å². The van der Waals surface area contributed by atoms with E-state index >= 15 is 0 Å². The number of hydrogen-bond acceptors (Lipinski definition) is 4. The van der Waals surface area contributed by atoms with Crippen molar-refractivity contribution in [2.24, 2.45) is 7.05 Å². The predicted octanol–water partition coefficient (Wildman–Crippen LogP) is 1.14. The molecule has 7 heteroatoms. The Bertz CT molecular complexity index is 751. The fourth-order valence-corrected chi connectivity index (χ4v) is 4.21. The summed E-state index contributed by atoms with van der Waals surface area (Å²) < 4.78 is 28.3. The van der Waals surface area contributed by atoms with E-state index in [0.717, 1.165) is 18.4 Å². The Labute approximate surface area is 117 Å². The Kier molecular flexibility index (Phi) is 2.93. The highest BCUT2D eigenvalue weighted by atomic mass is 32.2. The molecular weight excluding hydrogens is 276 g/mol. The van der Waals surface area contributed by atoms with Gasteiger partial charge in [0.25, 0.3) is 10.0 Å². The van der Waals surface area contributed by atoms with Crippen molar-refractivity contribution in [1.82, 2.24) is 9.78 Å². The van der Waals surface area contributed by atoms with Crippen molar-refractivity contribution in [1.29, 1.82) is 0 Å². The quantitative estimate of drug-likeness (QED) is 0.842. The zero-order chi connectivity index (χ0) is 14.3. The first-order chi connectivity index (χ1) is 9.50. The lowest BCUT2D eigenvalue weighted by atomic mass is 10.0. The molecule has 0 amide bonds. The number of anilines is 2. The number of nitrogen functional groups attached to an aromatic ring is 1. The summed E-state index contributed by atoms with van der Waals surface area (Å²) in [5.41, 5.74) is 8.12. The number of nitrogens with two attached hydrogens (primary N) is 1. The molecule has 0 atom stereocenters. The normalized spacial score (nSPS) is 15.2. The molecule has 0 spiro atoms. The summed E-state index contributed by atoms with van der Waals surface area (Å²) in [6.07, 6.45) is 3.12. The molecule has 106 valence electrons. The van der Waals surface area contributed by atoms with E-state index in [4.69, 9.17) is 5.73 Å². The summed E-state index contributed by atoms with van der Waals surface area (Å²) in [6.45, 7) is 0.477. The van der Waals surface area contributed by atoms with Gasteiger partial charge in [-0.05, 0) is 42.7 Å². The molecule has 0 aliphatic carbocycles. The Morgan fingerprint density at radius 3 is 2.80 bits per heavy atom. The molecule has 0 bridgehead atoms. The first-order valence-corrected chi connectivity index (χ1v) is 7.83. The van der Waals surface area contributed by atoms with Crippen LogP contribution in [0.15, 0.2) is 35.5 Å². The number of aryl methyl sites for hydroxylation is 2. The van der Waals surface area contributed by atoms with Crippen LogP contribution >= 0.6 is 0 Å². The van der Waals surface area contributed by atoms with E-state index in [1.54, 1.807) is 19.2 Å². The first kappa shape index (κ1) is 13.0. The van der Waals surface area contributed by atoms with E-state index in [1.807, 2.05) is 6.07 Å². The Balaban J connectivity index is 2.11. The monoisotopic (exact) mass is 292 g/mol. The molecule has 0 saturated carbocycles. The average molecular weight is 292 g/mol. The summed E-state index contributed by atoms with van der Waals surface area (Å²) in [5.74, 6) is 0. The van der Waals surface area contributed by atoms with E-state index in [0.29, 0.717) is 17.9 Å². The van der Waals surface area contributed by atoms with Gasteiger partial charge in [0, 0.05) is 19.3 Å². The van der Waals surface area contributed by atoms with Crippen molar-refractivity contribution in [2.75, 3.05) is 16.6 Å². The van der Waals surface area contributed by atoms with Gasteiger partial charge in [-0.25, -0.2) is 0 Å². The number of rotatable bonds is 2. The minimum Gasteiger partial charge on any atom is -0.399 e. The number of aromatic nitrogens is 2. The van der Waals surface area contributed by atoms with E-state index in [1.165, 1.54) is 21.3 Å². The van der Waals surface area contributed by atoms with Crippen LogP contribution in [0.25, 0.3) is 0 Å². The number of hydrogen-bond donors (Lipinski definition) is 1. The summed E-state index contributed by atoms with van der Waals surface area (Å²) in [4.78, 5) is 0. The van der Waals surface area contributed by atoms with E-state index < -0.39 is 10.0 Å². The zero-order valence-corrected chi connectivity index (χ0v) is 12.0. The number of nitrogens with zero attached hydrogens (tertiary/aromatic N) is 3. The fraction of sp³-hybridized carbons (Fsp3) is 0.308. The molecule has 0 fully saturated rings. The van der Waals surface area contributed by atoms with Gasteiger partial charge in [0.05, 0.1) is 11.9 Å². The topological polar surface area (TPSA) is 81.2 Å². The third kappa shape index (κ3) is 1.94. The van der Waals surface area contributed by atoms with Crippen LogP contribution in [0.4, 0.5) is 11.4 Å². The standard InChI is InChI=1S/C13H16N4O2S/c1-16-13(6-7-15-16)20(18,19)17-8-2-3-10-9-11(14)4-5-12(10)17/h4-7,9H,2-3,8,14H2,1H3. The van der Waals surface area contributed by atoms with Crippen molar-refractivity contribution in [3.05, 3.63) is 36.0 Å². The Hall–Kier alpha value is -2.02. The average Bonchev–Trinajstić information content (AvgIpc) is 2.84. The highest BCUT2D eigenvalue weighted by Crippen LogP contribution is 2.32. The highest BCUT2D eigenvalue weighted by molar-refractivity contribution is 7.92. The maximum atomic E-state index is 12.8. The summed E-state index contributed by atoms with van der Waals surface area (Å²) in [6, 6.07) is 6.87. The molecule has 0 saturated heterocycles. The van der Waals surface area contributed by atoms with Gasteiger partial charge in [-0.2, -0.15) is 13.5 Å². The Morgan fingerprint density at radius 2 is 2.10 bits per heavy atom. The number of sulfonamides is 1. The van der Waals surface area contributed by atoms with Gasteiger partial charge in [-0.1, -0.05) is 0 Å². The van der Waals surface area contributed by atoms with E-state index in [2.05, 4.69) is 5.10 Å². The van der Waals surface area contributed by atoms with Crippen molar-refractivity contribution in [3.8, 4) is 0 Å². The molecule has 2 aromatic rings. The van der Waals surface area contributed by atoms with Crippen molar-refractivity contribution < 1.29 is 8.42 Å². The summed E-state index contributed by atoms with van der Waals surface area (Å²) >= 11 is 0. The molecule has 0 radical (unpaired) electrons. The third-order valence-corrected chi connectivity index (χ3v) is 5.40. The lowest BCUT2D eigenvalue weighted by molar-refractivity contribution is 0.568. The Morgan fingerprint density at radius 1 is 1.30 bits per heavy atom. The van der Waals surface area contributed by atoms with E-state index in [-0.39, 0.29) is 5.03 Å². The van der Waals surface area contributed by atoms with Gasteiger partial charge in [0.2, 0.25) is 0 Å². The third-order valence-electron chi connectivity index (χ3n) is 3.51. The van der Waals surface area contributed by atoms with Gasteiger partial charge >= 0.3 is 0 Å². The molecule has 2 heterocycles. The highest BCUT2D eigenvalue weighted by Gasteiger charge is 2.30. The SMILES string of the molecule is Cn1nccc1S(=O)(=O)N1CCCc2cc(N)ccc21. The summed E-state index contributed by atoms with van der Waals surface area (Å²) in [5, 5.41) is 4.14. The molecule has 1 aromatic heterocycles. The second-order valence-corrected chi connectivity index (χ2v) is 6.67. The van der Waals surface area contributed by atoms with Crippen LogP contribution in [0.2, 0.25) is 0 Å². The smallest absolute Gasteiger partial charge is 0.281 e. The number of fused-ring (bicyclic) bond motifs is 1. The number of benzene rings is 1. The lowest BCUT2D eigenvalue weighted by Gasteiger charge is -2.30. The molecule has 1 aromatic carbocycles. The second kappa shape index (κ2) is 4.52. The minimum atomic E-state index is -3.58. The van der Waals surface area contributed by atoms with Gasteiger partial charge < -0.3 is 5.73 Å². The molecule has 2 N–H and O–H groups in total. The zero-order valence-electron chi connectivity index (χ0n) is 11.2. The van der Waals surface area contributed by atoms with Crippen molar-refractivity contribution in [3.63, 3.8) is 0 Å². The van der Waals surface area contributed by atoms with Crippen molar-refractivity contribution in [2.45, 2.75) is 17.9 Å². The van der Waals surface area contributed by atoms with Crippen LogP contribution in [0.1, 0.15) is 12.0 Å². The van der Waals surface area contributed by atoms with Crippen LogP contribution in [0.3, 0.4) is 0 Å². The van der Waals surface area contributed by atoms with Crippen LogP contribution in [-0.2, 0) is 23.5 Å². The molecule has 3 rings (SSSR count). The van der Waals surface area contributed by atoms with Crippen molar-refractivity contribution >= 4 is 21.4 Å². The van der Waals surface area contributed by atoms with Crippen LogP contribution in [0.5, 0.6) is 0 Å². The maximum absolute atomic E-state index is 12.8. The maximum Gasteiger partial charge on any atom is 0.281 e. The first-order valence-electron chi connectivity index (χ1n) is 6.39. The molecule has 6 nitrogen and oxygen atoms in total. The predicted molar refractivity (Wildman–Crippen MR) is 76.9 cm³/mol. The minimum absolute atomic E-state index is 0.196. The molecular formula is C13H16N4O2S. The van der Waals surface area contributed by atoms with Crippen LogP contribution < -0.4 is 10.0 Å². The van der Waals surface area contributed by atoms with Crippen LogP contribution in [-0.4, -0.2) is 24.7 Å². The fourth-order valence-electron chi connectivity index (χ4n) is 2.56. The van der Waals surface area contributed by atoms with Gasteiger partial charge in [0.1, 0.15) is 0 Å². The lowest BCUT2D eigenvalue weighted by Crippen LogP contribution is -2.36. The second-order valence-electron chi connectivity index (χ2n) is 4.86.